The maximum Gasteiger partial charge on any atom is 0.0638 e. The molecule has 2 heterocycles. The van der Waals surface area contributed by atoms with Crippen molar-refractivity contribution in [2.45, 2.75) is 32.4 Å². The molecule has 1 aromatic carbocycles. The summed E-state index contributed by atoms with van der Waals surface area (Å²) in [6.45, 7) is 3.25. The van der Waals surface area contributed by atoms with Gasteiger partial charge in [-0.3, -0.25) is 4.98 Å². The smallest absolute Gasteiger partial charge is 0.0638 e. The number of nitrogens with zero attached hydrogens (tertiary/aromatic N) is 2. The first kappa shape index (κ1) is 12.7. The monoisotopic (exact) mass is 316 g/mol. The first-order valence-corrected chi connectivity index (χ1v) is 7.48. The quantitative estimate of drug-likeness (QED) is 0.826. The summed E-state index contributed by atoms with van der Waals surface area (Å²) in [4.78, 5) is 7.02. The summed E-state index contributed by atoms with van der Waals surface area (Å²) in [6.07, 6.45) is 4.15. The molecule has 1 aliphatic heterocycles. The third-order valence-corrected chi connectivity index (χ3v) is 4.18. The van der Waals surface area contributed by atoms with Gasteiger partial charge in [-0.15, -0.1) is 0 Å². The Morgan fingerprint density at radius 3 is 2.89 bits per heavy atom. The molecule has 98 valence electrons. The number of hydrogen-bond donors (Lipinski definition) is 0. The summed E-state index contributed by atoms with van der Waals surface area (Å²) in [7, 11) is 0. The lowest BCUT2D eigenvalue weighted by Crippen LogP contribution is -2.37. The van der Waals surface area contributed by atoms with E-state index in [-0.39, 0.29) is 0 Å². The van der Waals surface area contributed by atoms with Crippen molar-refractivity contribution in [1.29, 1.82) is 0 Å². The van der Waals surface area contributed by atoms with Gasteiger partial charge >= 0.3 is 0 Å². The van der Waals surface area contributed by atoms with Crippen LogP contribution in [0.15, 0.2) is 47.1 Å². The molecule has 3 heteroatoms. The number of hydrogen-bond acceptors (Lipinski definition) is 2. The Labute approximate surface area is 122 Å². The van der Waals surface area contributed by atoms with E-state index in [1.165, 1.54) is 23.4 Å². The third kappa shape index (κ3) is 2.66. The van der Waals surface area contributed by atoms with Crippen LogP contribution in [0.2, 0.25) is 0 Å². The Morgan fingerprint density at radius 1 is 1.32 bits per heavy atom. The molecule has 1 aromatic heterocycles. The Bertz CT molecular complexity index is 568. The highest BCUT2D eigenvalue weighted by atomic mass is 79.9. The lowest BCUT2D eigenvalue weighted by atomic mass is 10.00. The van der Waals surface area contributed by atoms with Crippen molar-refractivity contribution in [2.24, 2.45) is 0 Å². The van der Waals surface area contributed by atoms with Gasteiger partial charge in [0.1, 0.15) is 0 Å². The van der Waals surface area contributed by atoms with Gasteiger partial charge < -0.3 is 4.90 Å². The molecule has 0 fully saturated rings. The second-order valence-corrected chi connectivity index (χ2v) is 6.04. The molecule has 19 heavy (non-hydrogen) atoms. The number of anilines is 1. The molecule has 3 rings (SSSR count). The highest BCUT2D eigenvalue weighted by Crippen LogP contribution is 2.32. The van der Waals surface area contributed by atoms with Gasteiger partial charge in [-0.25, -0.2) is 0 Å². The fourth-order valence-electron chi connectivity index (χ4n) is 2.66. The van der Waals surface area contributed by atoms with E-state index in [2.05, 4.69) is 69.1 Å². The summed E-state index contributed by atoms with van der Waals surface area (Å²) in [6, 6.07) is 13.4. The van der Waals surface area contributed by atoms with Crippen molar-refractivity contribution >= 4 is 21.6 Å². The zero-order chi connectivity index (χ0) is 13.2. The minimum Gasteiger partial charge on any atom is -0.363 e. The van der Waals surface area contributed by atoms with Crippen molar-refractivity contribution in [1.82, 2.24) is 4.98 Å². The highest BCUT2D eigenvalue weighted by molar-refractivity contribution is 9.10. The van der Waals surface area contributed by atoms with Crippen molar-refractivity contribution in [3.8, 4) is 0 Å². The molecular weight excluding hydrogens is 300 g/mol. The summed E-state index contributed by atoms with van der Waals surface area (Å²) in [5.41, 5.74) is 3.84. The standard InChI is InChI=1S/C16H17BrN2/c1-12-7-8-15-16(9-14(17)10-18-15)19(12)11-13-5-3-2-4-6-13/h2-6,9-10,12H,7-8,11H2,1H3. The zero-order valence-corrected chi connectivity index (χ0v) is 12.6. The number of rotatable bonds is 2. The van der Waals surface area contributed by atoms with Gasteiger partial charge in [0.15, 0.2) is 0 Å². The molecule has 0 radical (unpaired) electrons. The minimum atomic E-state index is 0.559. The van der Waals surface area contributed by atoms with Gasteiger partial charge in [0.2, 0.25) is 0 Å². The van der Waals surface area contributed by atoms with Crippen molar-refractivity contribution in [3.63, 3.8) is 0 Å². The van der Waals surface area contributed by atoms with E-state index in [1.54, 1.807) is 0 Å². The van der Waals surface area contributed by atoms with E-state index in [4.69, 9.17) is 0 Å². The lowest BCUT2D eigenvalue weighted by molar-refractivity contribution is 0.552. The average molecular weight is 317 g/mol. The molecule has 0 aliphatic carbocycles. The van der Waals surface area contributed by atoms with E-state index in [0.717, 1.165) is 17.4 Å². The molecule has 1 unspecified atom stereocenters. The average Bonchev–Trinajstić information content (AvgIpc) is 2.43. The topological polar surface area (TPSA) is 16.1 Å². The Balaban J connectivity index is 1.94. The predicted octanol–water partition coefficient (Wildman–Crippen LogP) is 4.19. The summed E-state index contributed by atoms with van der Waals surface area (Å²) in [5.74, 6) is 0. The van der Waals surface area contributed by atoms with Crippen molar-refractivity contribution in [2.75, 3.05) is 4.90 Å². The zero-order valence-electron chi connectivity index (χ0n) is 11.0. The van der Waals surface area contributed by atoms with Gasteiger partial charge in [-0.2, -0.15) is 0 Å². The van der Waals surface area contributed by atoms with Crippen LogP contribution in [0.4, 0.5) is 5.69 Å². The van der Waals surface area contributed by atoms with Crippen LogP contribution >= 0.6 is 15.9 Å². The van der Waals surface area contributed by atoms with E-state index >= 15 is 0 Å². The fraction of sp³-hybridized carbons (Fsp3) is 0.312. The Morgan fingerprint density at radius 2 is 2.11 bits per heavy atom. The molecule has 1 atom stereocenters. The van der Waals surface area contributed by atoms with Crippen molar-refractivity contribution in [3.05, 3.63) is 58.3 Å². The summed E-state index contributed by atoms with van der Waals surface area (Å²) < 4.78 is 1.05. The van der Waals surface area contributed by atoms with E-state index in [0.29, 0.717) is 6.04 Å². The summed E-state index contributed by atoms with van der Waals surface area (Å²) >= 11 is 3.53. The Hall–Kier alpha value is -1.35. The van der Waals surface area contributed by atoms with Crippen LogP contribution in [0, 0.1) is 0 Å². The lowest BCUT2D eigenvalue weighted by Gasteiger charge is -2.36. The van der Waals surface area contributed by atoms with E-state index in [9.17, 15) is 0 Å². The first-order valence-electron chi connectivity index (χ1n) is 6.69. The van der Waals surface area contributed by atoms with E-state index < -0.39 is 0 Å². The second-order valence-electron chi connectivity index (χ2n) is 5.12. The SMILES string of the molecule is CC1CCc2ncc(Br)cc2N1Cc1ccccc1. The van der Waals surface area contributed by atoms with Crippen molar-refractivity contribution < 1.29 is 0 Å². The Kier molecular flexibility index (Phi) is 3.56. The molecule has 2 aromatic rings. The molecule has 0 amide bonds. The maximum absolute atomic E-state index is 4.56. The van der Waals surface area contributed by atoms with Crippen LogP contribution in [0.1, 0.15) is 24.6 Å². The number of aromatic nitrogens is 1. The van der Waals surface area contributed by atoms with Gasteiger partial charge in [0, 0.05) is 23.3 Å². The second kappa shape index (κ2) is 5.33. The number of benzene rings is 1. The molecule has 0 saturated carbocycles. The molecular formula is C16H17BrN2. The van der Waals surface area contributed by atoms with Gasteiger partial charge in [-0.1, -0.05) is 30.3 Å². The fourth-order valence-corrected chi connectivity index (χ4v) is 2.98. The first-order chi connectivity index (χ1) is 9.24. The van der Waals surface area contributed by atoms with Gasteiger partial charge in [-0.05, 0) is 47.3 Å². The molecule has 0 spiro atoms. The molecule has 1 aliphatic rings. The molecule has 2 nitrogen and oxygen atoms in total. The number of pyridine rings is 1. The number of fused-ring (bicyclic) bond motifs is 1. The van der Waals surface area contributed by atoms with Crippen LogP contribution in [-0.2, 0) is 13.0 Å². The highest BCUT2D eigenvalue weighted by Gasteiger charge is 2.24. The van der Waals surface area contributed by atoms with Gasteiger partial charge in [0.05, 0.1) is 11.4 Å². The molecule has 0 saturated heterocycles. The largest absolute Gasteiger partial charge is 0.363 e. The van der Waals surface area contributed by atoms with Crippen LogP contribution < -0.4 is 4.90 Å². The minimum absolute atomic E-state index is 0.559. The van der Waals surface area contributed by atoms with Crippen LogP contribution in [-0.4, -0.2) is 11.0 Å². The predicted molar refractivity (Wildman–Crippen MR) is 82.3 cm³/mol. The van der Waals surface area contributed by atoms with Crippen LogP contribution in [0.3, 0.4) is 0 Å². The number of halogens is 1. The summed E-state index contributed by atoms with van der Waals surface area (Å²) in [5, 5.41) is 0. The molecule has 0 N–H and O–H groups in total. The maximum atomic E-state index is 4.56. The molecule has 0 bridgehead atoms. The van der Waals surface area contributed by atoms with E-state index in [1.807, 2.05) is 6.20 Å². The van der Waals surface area contributed by atoms with Gasteiger partial charge in [0.25, 0.3) is 0 Å². The normalized spacial score (nSPS) is 18.2. The number of aryl methyl sites for hydroxylation is 1. The van der Waals surface area contributed by atoms with Crippen LogP contribution in [0.5, 0.6) is 0 Å². The third-order valence-electron chi connectivity index (χ3n) is 3.75. The van der Waals surface area contributed by atoms with Crippen LogP contribution in [0.25, 0.3) is 0 Å².